The quantitative estimate of drug-likeness (QED) is 0.383. The summed E-state index contributed by atoms with van der Waals surface area (Å²) in [7, 11) is 4.64. The summed E-state index contributed by atoms with van der Waals surface area (Å²) in [6.07, 6.45) is 0. The first-order valence-corrected chi connectivity index (χ1v) is 11.6. The molecule has 1 amide bonds. The third-order valence-corrected chi connectivity index (χ3v) is 6.44. The number of ether oxygens (including phenoxy) is 3. The molecule has 35 heavy (non-hydrogen) atoms. The molecule has 182 valence electrons. The van der Waals surface area contributed by atoms with Crippen LogP contribution in [0.4, 0.5) is 0 Å². The number of carbonyl (C=O) groups is 1. The number of hydrogen-bond donors (Lipinski definition) is 1. The predicted octanol–water partition coefficient (Wildman–Crippen LogP) is 2.62. The van der Waals surface area contributed by atoms with Crippen molar-refractivity contribution in [1.82, 2.24) is 14.5 Å². The molecule has 0 aliphatic heterocycles. The van der Waals surface area contributed by atoms with Gasteiger partial charge in [-0.05, 0) is 46.8 Å². The number of hydrogen-bond acceptors (Lipinski definition) is 7. The van der Waals surface area contributed by atoms with E-state index >= 15 is 0 Å². The van der Waals surface area contributed by atoms with Gasteiger partial charge in [0.15, 0.2) is 11.5 Å². The zero-order valence-electron chi connectivity index (χ0n) is 19.6. The average molecular weight is 496 g/mol. The van der Waals surface area contributed by atoms with Crippen LogP contribution >= 0.6 is 11.3 Å². The largest absolute Gasteiger partial charge is 0.497 e. The molecule has 1 N–H and O–H groups in total. The Kier molecular flexibility index (Phi) is 7.21. The van der Waals surface area contributed by atoms with Crippen molar-refractivity contribution >= 4 is 27.5 Å². The van der Waals surface area contributed by atoms with Crippen molar-refractivity contribution in [2.75, 3.05) is 21.3 Å². The molecule has 0 saturated heterocycles. The second-order valence-corrected chi connectivity index (χ2v) is 8.63. The molecule has 2 heterocycles. The van der Waals surface area contributed by atoms with Crippen LogP contribution in [0.15, 0.2) is 63.5 Å². The summed E-state index contributed by atoms with van der Waals surface area (Å²) in [5.41, 5.74) is 1.05. The van der Waals surface area contributed by atoms with Crippen molar-refractivity contribution in [2.24, 2.45) is 0 Å². The number of nitrogens with one attached hydrogen (secondary N) is 1. The van der Waals surface area contributed by atoms with Crippen molar-refractivity contribution in [3.63, 3.8) is 0 Å². The van der Waals surface area contributed by atoms with Crippen LogP contribution < -0.4 is 30.8 Å². The van der Waals surface area contributed by atoms with Crippen molar-refractivity contribution in [3.8, 4) is 17.2 Å². The highest BCUT2D eigenvalue weighted by Crippen LogP contribution is 2.27. The molecule has 10 heteroatoms. The van der Waals surface area contributed by atoms with E-state index < -0.39 is 5.69 Å². The number of benzene rings is 2. The van der Waals surface area contributed by atoms with Gasteiger partial charge in [0.25, 0.3) is 5.56 Å². The molecule has 2 aromatic carbocycles. The van der Waals surface area contributed by atoms with Gasteiger partial charge in [-0.25, -0.2) is 4.79 Å². The van der Waals surface area contributed by atoms with Crippen molar-refractivity contribution in [3.05, 3.63) is 85.9 Å². The molecular formula is C25H25N3O6S. The highest BCUT2D eigenvalue weighted by atomic mass is 32.1. The van der Waals surface area contributed by atoms with Crippen LogP contribution in [0.3, 0.4) is 0 Å². The van der Waals surface area contributed by atoms with Gasteiger partial charge >= 0.3 is 5.69 Å². The van der Waals surface area contributed by atoms with Gasteiger partial charge in [0.1, 0.15) is 17.0 Å². The van der Waals surface area contributed by atoms with Crippen LogP contribution in [0.1, 0.15) is 11.1 Å². The summed E-state index contributed by atoms with van der Waals surface area (Å²) in [5, 5.41) is 4.56. The van der Waals surface area contributed by atoms with E-state index in [9.17, 15) is 14.4 Å². The molecule has 0 saturated carbocycles. The van der Waals surface area contributed by atoms with Crippen LogP contribution in [0.25, 0.3) is 10.2 Å². The van der Waals surface area contributed by atoms with Gasteiger partial charge < -0.3 is 19.5 Å². The minimum Gasteiger partial charge on any atom is -0.497 e. The van der Waals surface area contributed by atoms with Gasteiger partial charge in [-0.3, -0.25) is 18.7 Å². The van der Waals surface area contributed by atoms with E-state index in [1.54, 1.807) is 63.1 Å². The first-order valence-electron chi connectivity index (χ1n) is 10.8. The van der Waals surface area contributed by atoms with Crippen molar-refractivity contribution in [2.45, 2.75) is 19.6 Å². The fraction of sp³-hybridized carbons (Fsp3) is 0.240. The number of rotatable bonds is 9. The molecule has 9 nitrogen and oxygen atoms in total. The number of methoxy groups -OCH3 is 3. The minimum atomic E-state index is -0.551. The average Bonchev–Trinajstić information content (AvgIpc) is 3.38. The lowest BCUT2D eigenvalue weighted by atomic mass is 10.2. The standard InChI is InChI=1S/C25H25N3O6S/c1-32-18-6-4-5-17(11-18)14-28-24(30)23-19(9-10-35-23)27(25(28)31)15-22(29)26-13-16-7-8-20(33-2)21(12-16)34-3/h4-12H,13-15H2,1-3H3,(H,26,29). The molecule has 4 rings (SSSR count). The monoisotopic (exact) mass is 495 g/mol. The molecule has 0 spiro atoms. The Labute approximate surface area is 205 Å². The van der Waals surface area contributed by atoms with Crippen LogP contribution in [-0.4, -0.2) is 36.4 Å². The molecule has 4 aromatic rings. The lowest BCUT2D eigenvalue weighted by Crippen LogP contribution is -2.42. The smallest absolute Gasteiger partial charge is 0.332 e. The molecular weight excluding hydrogens is 470 g/mol. The second kappa shape index (κ2) is 10.5. The summed E-state index contributed by atoms with van der Waals surface area (Å²) in [6, 6.07) is 14.2. The van der Waals surface area contributed by atoms with E-state index in [1.165, 1.54) is 15.9 Å². The Morgan fingerprint density at radius 1 is 0.914 bits per heavy atom. The van der Waals surface area contributed by atoms with E-state index in [2.05, 4.69) is 5.32 Å². The Morgan fingerprint density at radius 2 is 1.71 bits per heavy atom. The van der Waals surface area contributed by atoms with Crippen LogP contribution in [-0.2, 0) is 24.4 Å². The van der Waals surface area contributed by atoms with Gasteiger partial charge in [-0.2, -0.15) is 0 Å². The molecule has 0 fully saturated rings. The van der Waals surface area contributed by atoms with E-state index in [4.69, 9.17) is 14.2 Å². The number of carbonyl (C=O) groups excluding carboxylic acids is 1. The number of amides is 1. The number of thiophene rings is 1. The maximum atomic E-state index is 13.3. The molecule has 0 aliphatic carbocycles. The molecule has 0 aliphatic rings. The summed E-state index contributed by atoms with van der Waals surface area (Å²) in [6.45, 7) is 0.0812. The fourth-order valence-electron chi connectivity index (χ4n) is 3.77. The second-order valence-electron chi connectivity index (χ2n) is 7.71. The van der Waals surface area contributed by atoms with Gasteiger partial charge in [-0.1, -0.05) is 18.2 Å². The zero-order valence-corrected chi connectivity index (χ0v) is 20.4. The summed E-state index contributed by atoms with van der Waals surface area (Å²) >= 11 is 1.24. The van der Waals surface area contributed by atoms with Crippen LogP contribution in [0, 0.1) is 0 Å². The minimum absolute atomic E-state index is 0.0654. The van der Waals surface area contributed by atoms with Crippen LogP contribution in [0.5, 0.6) is 17.2 Å². The Morgan fingerprint density at radius 3 is 2.46 bits per heavy atom. The third kappa shape index (κ3) is 5.07. The topological polar surface area (TPSA) is 101 Å². The van der Waals surface area contributed by atoms with Gasteiger partial charge in [0.2, 0.25) is 5.91 Å². The Hall–Kier alpha value is -4.05. The van der Waals surface area contributed by atoms with E-state index in [-0.39, 0.29) is 31.1 Å². The van der Waals surface area contributed by atoms with Crippen molar-refractivity contribution < 1.29 is 19.0 Å². The number of fused-ring (bicyclic) bond motifs is 1. The summed E-state index contributed by atoms with van der Waals surface area (Å²) in [4.78, 5) is 39.1. The number of nitrogens with zero attached hydrogens (tertiary/aromatic N) is 2. The van der Waals surface area contributed by atoms with E-state index in [0.717, 1.165) is 15.7 Å². The highest BCUT2D eigenvalue weighted by Gasteiger charge is 2.17. The number of aromatic nitrogens is 2. The Balaban J connectivity index is 1.59. The summed E-state index contributed by atoms with van der Waals surface area (Å²) < 4.78 is 18.7. The highest BCUT2D eigenvalue weighted by molar-refractivity contribution is 7.17. The first kappa shape index (κ1) is 24.1. The first-order chi connectivity index (χ1) is 16.9. The van der Waals surface area contributed by atoms with Gasteiger partial charge in [-0.15, -0.1) is 11.3 Å². The van der Waals surface area contributed by atoms with E-state index in [0.29, 0.717) is 27.5 Å². The molecule has 2 aromatic heterocycles. The van der Waals surface area contributed by atoms with Gasteiger partial charge in [0, 0.05) is 6.54 Å². The molecule has 0 atom stereocenters. The SMILES string of the molecule is COc1cccc(Cn2c(=O)c3sccc3n(CC(=O)NCc3ccc(OC)c(OC)c3)c2=O)c1. The lowest BCUT2D eigenvalue weighted by molar-refractivity contribution is -0.121. The zero-order chi connectivity index (χ0) is 24.9. The Bertz CT molecular complexity index is 1490. The maximum absolute atomic E-state index is 13.3. The van der Waals surface area contributed by atoms with Gasteiger partial charge in [0.05, 0.1) is 33.4 Å². The molecule has 0 radical (unpaired) electrons. The molecule has 0 bridgehead atoms. The predicted molar refractivity (Wildman–Crippen MR) is 134 cm³/mol. The molecule has 0 unspecified atom stereocenters. The fourth-order valence-corrected chi connectivity index (χ4v) is 4.61. The van der Waals surface area contributed by atoms with E-state index in [1.807, 2.05) is 12.1 Å². The van der Waals surface area contributed by atoms with Crippen molar-refractivity contribution in [1.29, 1.82) is 0 Å². The van der Waals surface area contributed by atoms with Crippen LogP contribution in [0.2, 0.25) is 0 Å². The maximum Gasteiger partial charge on any atom is 0.332 e. The third-order valence-electron chi connectivity index (χ3n) is 5.55. The normalized spacial score (nSPS) is 10.8. The summed E-state index contributed by atoms with van der Waals surface area (Å²) in [5.74, 6) is 1.41. The lowest BCUT2D eigenvalue weighted by Gasteiger charge is -2.13.